The van der Waals surface area contributed by atoms with Crippen LogP contribution in [0.5, 0.6) is 0 Å². The molecule has 2 nitrogen and oxygen atoms in total. The van der Waals surface area contributed by atoms with Gasteiger partial charge in [-0.15, -0.1) is 0 Å². The zero-order chi connectivity index (χ0) is 18.2. The van der Waals surface area contributed by atoms with Gasteiger partial charge in [0.1, 0.15) is 0 Å². The number of hydrogen-bond donors (Lipinski definition) is 1. The Labute approximate surface area is 151 Å². The smallest absolute Gasteiger partial charge is 0.0852 e. The van der Waals surface area contributed by atoms with Crippen LogP contribution in [0.15, 0.2) is 36.5 Å². The van der Waals surface area contributed by atoms with Crippen LogP contribution in [0, 0.1) is 0 Å². The molecule has 2 heteroatoms. The van der Waals surface area contributed by atoms with E-state index in [1.807, 2.05) is 18.3 Å². The summed E-state index contributed by atoms with van der Waals surface area (Å²) in [6.07, 6.45) is 6.53. The Morgan fingerprint density at radius 1 is 1.04 bits per heavy atom. The van der Waals surface area contributed by atoms with E-state index >= 15 is 0 Å². The fraction of sp³-hybridized carbons (Fsp3) is 0.435. The number of aromatic nitrogens is 1. The highest BCUT2D eigenvalue weighted by molar-refractivity contribution is 5.80. The van der Waals surface area contributed by atoms with Crippen molar-refractivity contribution in [1.29, 1.82) is 0 Å². The molecule has 0 amide bonds. The molecule has 0 fully saturated rings. The Hall–Kier alpha value is -1.93. The van der Waals surface area contributed by atoms with Crippen LogP contribution in [-0.4, -0.2) is 10.1 Å². The van der Waals surface area contributed by atoms with Crippen LogP contribution < -0.4 is 0 Å². The molecule has 0 unspecified atom stereocenters. The molecule has 1 N–H and O–H groups in total. The molecule has 0 spiro atoms. The van der Waals surface area contributed by atoms with Gasteiger partial charge in [-0.3, -0.25) is 4.98 Å². The number of aliphatic hydroxyl groups is 1. The molecule has 0 aliphatic heterocycles. The summed E-state index contributed by atoms with van der Waals surface area (Å²) in [5.41, 5.74) is 7.69. The van der Waals surface area contributed by atoms with Gasteiger partial charge in [-0.2, -0.15) is 0 Å². The van der Waals surface area contributed by atoms with Gasteiger partial charge in [0.25, 0.3) is 0 Å². The van der Waals surface area contributed by atoms with E-state index in [0.29, 0.717) is 5.69 Å². The summed E-state index contributed by atoms with van der Waals surface area (Å²) in [6, 6.07) is 10.8. The second-order valence-corrected chi connectivity index (χ2v) is 8.60. The summed E-state index contributed by atoms with van der Waals surface area (Å²) >= 11 is 0. The Morgan fingerprint density at radius 3 is 2.32 bits per heavy atom. The van der Waals surface area contributed by atoms with Gasteiger partial charge >= 0.3 is 0 Å². The maximum Gasteiger partial charge on any atom is 0.0852 e. The summed E-state index contributed by atoms with van der Waals surface area (Å²) in [6.45, 7) is 11.5. The molecule has 0 atom stereocenters. The molecule has 1 aromatic carbocycles. The van der Waals surface area contributed by atoms with Crippen molar-refractivity contribution in [3.63, 3.8) is 0 Å². The second kappa shape index (κ2) is 6.42. The van der Waals surface area contributed by atoms with Crippen LogP contribution in [0.25, 0.3) is 11.6 Å². The molecule has 0 saturated carbocycles. The Balaban J connectivity index is 1.98. The number of benzene rings is 1. The quantitative estimate of drug-likeness (QED) is 0.805. The van der Waals surface area contributed by atoms with Crippen molar-refractivity contribution in [2.24, 2.45) is 0 Å². The summed E-state index contributed by atoms with van der Waals surface area (Å²) in [4.78, 5) is 4.28. The summed E-state index contributed by atoms with van der Waals surface area (Å²) < 4.78 is 0. The van der Waals surface area contributed by atoms with E-state index in [1.54, 1.807) is 0 Å². The maximum atomic E-state index is 9.13. The van der Waals surface area contributed by atoms with Crippen molar-refractivity contribution >= 4 is 11.6 Å². The monoisotopic (exact) mass is 335 g/mol. The van der Waals surface area contributed by atoms with Crippen molar-refractivity contribution in [2.75, 3.05) is 0 Å². The first-order chi connectivity index (χ1) is 11.7. The van der Waals surface area contributed by atoms with Crippen LogP contribution in [0.1, 0.15) is 75.4 Å². The molecule has 3 rings (SSSR count). The van der Waals surface area contributed by atoms with E-state index < -0.39 is 0 Å². The largest absolute Gasteiger partial charge is 0.390 e. The highest BCUT2D eigenvalue weighted by Gasteiger charge is 2.36. The van der Waals surface area contributed by atoms with E-state index in [2.05, 4.69) is 63.9 Å². The van der Waals surface area contributed by atoms with Gasteiger partial charge < -0.3 is 5.11 Å². The minimum Gasteiger partial charge on any atom is -0.390 e. The number of fused-ring (bicyclic) bond motifs is 1. The molecular formula is C23H29NO. The van der Waals surface area contributed by atoms with E-state index in [4.69, 9.17) is 5.11 Å². The minimum absolute atomic E-state index is 0.0151. The van der Waals surface area contributed by atoms with Gasteiger partial charge in [-0.1, -0.05) is 58.0 Å². The van der Waals surface area contributed by atoms with Gasteiger partial charge in [0, 0.05) is 6.20 Å². The zero-order valence-electron chi connectivity index (χ0n) is 16.1. The molecule has 1 aromatic heterocycles. The Kier molecular flexibility index (Phi) is 4.59. The Bertz CT molecular complexity index is 797. The Morgan fingerprint density at radius 2 is 1.72 bits per heavy atom. The average Bonchev–Trinajstić information content (AvgIpc) is 2.59. The zero-order valence-corrected chi connectivity index (χ0v) is 16.1. The molecule has 1 heterocycles. The highest BCUT2D eigenvalue weighted by atomic mass is 16.3. The van der Waals surface area contributed by atoms with E-state index in [9.17, 15) is 0 Å². The van der Waals surface area contributed by atoms with Crippen molar-refractivity contribution in [1.82, 2.24) is 4.98 Å². The van der Waals surface area contributed by atoms with Crippen molar-refractivity contribution in [3.8, 4) is 0 Å². The van der Waals surface area contributed by atoms with Crippen LogP contribution >= 0.6 is 0 Å². The first kappa shape index (κ1) is 17.9. The molecule has 0 radical (unpaired) electrons. The van der Waals surface area contributed by atoms with Crippen LogP contribution in [0.3, 0.4) is 0 Å². The number of allylic oxidation sites excluding steroid dienone is 1. The predicted molar refractivity (Wildman–Crippen MR) is 105 cm³/mol. The molecule has 1 aliphatic carbocycles. The van der Waals surface area contributed by atoms with Gasteiger partial charge in [0.05, 0.1) is 12.3 Å². The van der Waals surface area contributed by atoms with Crippen LogP contribution in [0.4, 0.5) is 0 Å². The van der Waals surface area contributed by atoms with Crippen molar-refractivity contribution in [2.45, 2.75) is 64.9 Å². The molecule has 0 bridgehead atoms. The lowest BCUT2D eigenvalue weighted by atomic mass is 9.63. The number of rotatable bonds is 3. The van der Waals surface area contributed by atoms with Gasteiger partial charge in [-0.25, -0.2) is 0 Å². The molecule has 1 aliphatic rings. The number of hydrogen-bond acceptors (Lipinski definition) is 2. The van der Waals surface area contributed by atoms with Crippen LogP contribution in [-0.2, 0) is 17.4 Å². The third-order valence-electron chi connectivity index (χ3n) is 5.70. The number of aliphatic hydroxyl groups excluding tert-OH is 1. The standard InChI is InChI=1S/C23H29NO/c1-16(18-7-8-19(15-25)24-14-18)12-17-6-9-20-21(13-17)23(4,5)11-10-22(20,2)3/h6-9,12-14,25H,10-11,15H2,1-5H3/b16-12-. The van der Waals surface area contributed by atoms with E-state index in [-0.39, 0.29) is 17.4 Å². The third kappa shape index (κ3) is 3.55. The third-order valence-corrected chi connectivity index (χ3v) is 5.70. The van der Waals surface area contributed by atoms with E-state index in [1.165, 1.54) is 35.1 Å². The summed E-state index contributed by atoms with van der Waals surface area (Å²) in [7, 11) is 0. The lowest BCUT2D eigenvalue weighted by Crippen LogP contribution is -2.33. The topological polar surface area (TPSA) is 33.1 Å². The van der Waals surface area contributed by atoms with E-state index in [0.717, 1.165) is 5.56 Å². The first-order valence-electron chi connectivity index (χ1n) is 9.12. The summed E-state index contributed by atoms with van der Waals surface area (Å²) in [5.74, 6) is 0. The van der Waals surface area contributed by atoms with Gasteiger partial charge in [-0.05, 0) is 64.5 Å². The van der Waals surface area contributed by atoms with Gasteiger partial charge in [0.2, 0.25) is 0 Å². The van der Waals surface area contributed by atoms with Crippen LogP contribution in [0.2, 0.25) is 0 Å². The second-order valence-electron chi connectivity index (χ2n) is 8.60. The molecule has 25 heavy (non-hydrogen) atoms. The predicted octanol–water partition coefficient (Wildman–Crippen LogP) is 5.48. The molecule has 2 aromatic rings. The van der Waals surface area contributed by atoms with Crippen molar-refractivity contribution < 1.29 is 5.11 Å². The molecule has 0 saturated heterocycles. The SMILES string of the molecule is C/C(=C/c1ccc2c(c1)C(C)(C)CCC2(C)C)c1ccc(CO)nc1. The van der Waals surface area contributed by atoms with Crippen molar-refractivity contribution in [3.05, 3.63) is 64.5 Å². The number of pyridine rings is 1. The minimum atomic E-state index is -0.0151. The summed E-state index contributed by atoms with van der Waals surface area (Å²) in [5, 5.41) is 9.13. The average molecular weight is 335 g/mol. The lowest BCUT2D eigenvalue weighted by Gasteiger charge is -2.42. The highest BCUT2D eigenvalue weighted by Crippen LogP contribution is 2.46. The fourth-order valence-corrected chi connectivity index (χ4v) is 3.78. The fourth-order valence-electron chi connectivity index (χ4n) is 3.78. The lowest BCUT2D eigenvalue weighted by molar-refractivity contribution is 0.277. The molecular weight excluding hydrogens is 306 g/mol. The number of nitrogens with zero attached hydrogens (tertiary/aromatic N) is 1. The van der Waals surface area contributed by atoms with Gasteiger partial charge in [0.15, 0.2) is 0 Å². The maximum absolute atomic E-state index is 9.13. The normalized spacial score (nSPS) is 18.7. The molecule has 132 valence electrons. The first-order valence-corrected chi connectivity index (χ1v) is 9.12.